The van der Waals surface area contributed by atoms with Crippen molar-refractivity contribution in [3.8, 4) is 0 Å². The lowest BCUT2D eigenvalue weighted by molar-refractivity contribution is 0.0513. The van der Waals surface area contributed by atoms with Gasteiger partial charge in [0.2, 0.25) is 5.95 Å². The molecule has 4 rings (SSSR count). The molecule has 7 heteroatoms. The van der Waals surface area contributed by atoms with Crippen LogP contribution in [0.3, 0.4) is 0 Å². The Balaban J connectivity index is 1.69. The molecule has 0 radical (unpaired) electrons. The SMILES string of the molecule is CCC[C@H]1[C@H]2C[C@H](CN(C(=O)c3cc(C)nc(N)n3)C2)c2cccc(=O)n21. The number of pyridine rings is 1. The number of aromatic nitrogens is 3. The second kappa shape index (κ2) is 6.79. The molecule has 7 nitrogen and oxygen atoms in total. The summed E-state index contributed by atoms with van der Waals surface area (Å²) >= 11 is 0. The molecular weight excluding hydrogens is 342 g/mol. The van der Waals surface area contributed by atoms with Crippen molar-refractivity contribution in [1.29, 1.82) is 0 Å². The molecule has 0 saturated carbocycles. The van der Waals surface area contributed by atoms with Crippen LogP contribution in [0.4, 0.5) is 5.95 Å². The van der Waals surface area contributed by atoms with E-state index in [1.807, 2.05) is 21.6 Å². The van der Waals surface area contributed by atoms with Crippen molar-refractivity contribution in [3.63, 3.8) is 0 Å². The molecule has 1 amide bonds. The van der Waals surface area contributed by atoms with Crippen molar-refractivity contribution in [1.82, 2.24) is 19.4 Å². The van der Waals surface area contributed by atoms with Gasteiger partial charge < -0.3 is 15.2 Å². The van der Waals surface area contributed by atoms with E-state index in [9.17, 15) is 9.59 Å². The van der Waals surface area contributed by atoms with Gasteiger partial charge >= 0.3 is 0 Å². The number of hydrogen-bond acceptors (Lipinski definition) is 5. The number of nitrogens with zero attached hydrogens (tertiary/aromatic N) is 4. The lowest BCUT2D eigenvalue weighted by Crippen LogP contribution is -2.51. The first-order chi connectivity index (χ1) is 13.0. The van der Waals surface area contributed by atoms with Crippen molar-refractivity contribution in [2.45, 2.75) is 45.1 Å². The zero-order valence-electron chi connectivity index (χ0n) is 15.8. The Hall–Kier alpha value is -2.70. The first kappa shape index (κ1) is 17.7. The molecule has 2 bridgehead atoms. The third-order valence-electron chi connectivity index (χ3n) is 5.76. The Morgan fingerprint density at radius 3 is 2.85 bits per heavy atom. The number of hydrogen-bond donors (Lipinski definition) is 1. The molecule has 3 atom stereocenters. The molecular formula is C20H25N5O2. The third kappa shape index (κ3) is 3.11. The number of likely N-dealkylation sites (tertiary alicyclic amines) is 1. The number of aryl methyl sites for hydroxylation is 1. The number of carbonyl (C=O) groups is 1. The van der Waals surface area contributed by atoms with Crippen molar-refractivity contribution in [2.75, 3.05) is 18.8 Å². The van der Waals surface area contributed by atoms with E-state index in [0.717, 1.165) is 25.0 Å². The van der Waals surface area contributed by atoms with Gasteiger partial charge in [-0.1, -0.05) is 19.4 Å². The first-order valence-electron chi connectivity index (χ1n) is 9.59. The fourth-order valence-corrected chi connectivity index (χ4v) is 4.74. The van der Waals surface area contributed by atoms with Gasteiger partial charge in [-0.25, -0.2) is 9.97 Å². The molecule has 1 saturated heterocycles. The molecule has 1 fully saturated rings. The van der Waals surface area contributed by atoms with Crippen LogP contribution in [0.1, 0.15) is 60.0 Å². The van der Waals surface area contributed by atoms with E-state index in [1.165, 1.54) is 0 Å². The quantitative estimate of drug-likeness (QED) is 0.897. The lowest BCUT2D eigenvalue weighted by Gasteiger charge is -2.47. The normalized spacial score (nSPS) is 23.8. The molecule has 0 aromatic carbocycles. The Labute approximate surface area is 158 Å². The lowest BCUT2D eigenvalue weighted by atomic mass is 9.77. The number of nitrogen functional groups attached to an aromatic ring is 1. The van der Waals surface area contributed by atoms with Gasteiger partial charge in [0, 0.05) is 42.5 Å². The summed E-state index contributed by atoms with van der Waals surface area (Å²) in [7, 11) is 0. The average Bonchev–Trinajstić information content (AvgIpc) is 2.64. The van der Waals surface area contributed by atoms with Crippen molar-refractivity contribution in [3.05, 3.63) is 51.7 Å². The van der Waals surface area contributed by atoms with Crippen molar-refractivity contribution in [2.24, 2.45) is 5.92 Å². The van der Waals surface area contributed by atoms with Crippen LogP contribution < -0.4 is 11.3 Å². The standard InChI is InChI=1S/C20H25N5O2/c1-3-5-16-13-9-14(17-6-4-7-18(26)25(16)17)11-24(10-13)19(27)15-8-12(2)22-20(21)23-15/h4,6-8,13-14,16H,3,5,9-11H2,1-2H3,(H2,21,22,23)/t13-,14+,16-/m0/s1. The third-order valence-corrected chi connectivity index (χ3v) is 5.76. The van der Waals surface area contributed by atoms with E-state index in [0.29, 0.717) is 24.5 Å². The molecule has 2 aliphatic rings. The summed E-state index contributed by atoms with van der Waals surface area (Å²) in [6.45, 7) is 5.18. The van der Waals surface area contributed by atoms with Crippen LogP contribution >= 0.6 is 0 Å². The van der Waals surface area contributed by atoms with Crippen molar-refractivity contribution < 1.29 is 4.79 Å². The van der Waals surface area contributed by atoms with Crippen LogP contribution in [0.25, 0.3) is 0 Å². The minimum Gasteiger partial charge on any atom is -0.368 e. The Kier molecular flexibility index (Phi) is 4.45. The van der Waals surface area contributed by atoms with E-state index < -0.39 is 0 Å². The van der Waals surface area contributed by atoms with Gasteiger partial charge in [0.15, 0.2) is 0 Å². The van der Waals surface area contributed by atoms with Crippen LogP contribution in [0.15, 0.2) is 29.1 Å². The molecule has 27 heavy (non-hydrogen) atoms. The highest BCUT2D eigenvalue weighted by molar-refractivity contribution is 5.92. The minimum atomic E-state index is -0.108. The predicted octanol–water partition coefficient (Wildman–Crippen LogP) is 2.13. The highest BCUT2D eigenvalue weighted by Crippen LogP contribution is 2.43. The average molecular weight is 367 g/mol. The summed E-state index contributed by atoms with van der Waals surface area (Å²) < 4.78 is 1.98. The number of piperidine rings is 1. The van der Waals surface area contributed by atoms with Crippen LogP contribution in [-0.2, 0) is 0 Å². The fraction of sp³-hybridized carbons (Fsp3) is 0.500. The largest absolute Gasteiger partial charge is 0.368 e. The second-order valence-electron chi connectivity index (χ2n) is 7.67. The second-order valence-corrected chi connectivity index (χ2v) is 7.67. The van der Waals surface area contributed by atoms with Gasteiger partial charge in [0.1, 0.15) is 5.69 Å². The Morgan fingerprint density at radius 2 is 2.11 bits per heavy atom. The maximum absolute atomic E-state index is 13.1. The zero-order valence-corrected chi connectivity index (χ0v) is 15.8. The topological polar surface area (TPSA) is 94.1 Å². The number of rotatable bonds is 3. The maximum atomic E-state index is 13.1. The number of nitrogens with two attached hydrogens (primary N) is 1. The van der Waals surface area contributed by atoms with E-state index in [1.54, 1.807) is 19.1 Å². The smallest absolute Gasteiger partial charge is 0.272 e. The molecule has 2 aromatic rings. The monoisotopic (exact) mass is 367 g/mol. The van der Waals surface area contributed by atoms with E-state index in [2.05, 4.69) is 16.9 Å². The molecule has 2 aliphatic heterocycles. The summed E-state index contributed by atoms with van der Waals surface area (Å²) in [5.74, 6) is 0.468. The Bertz CT molecular complexity index is 918. The molecule has 2 aromatic heterocycles. The van der Waals surface area contributed by atoms with Gasteiger partial charge in [-0.15, -0.1) is 0 Å². The summed E-state index contributed by atoms with van der Waals surface area (Å²) in [6.07, 6.45) is 2.96. The van der Waals surface area contributed by atoms with Crippen LogP contribution in [0.2, 0.25) is 0 Å². The van der Waals surface area contributed by atoms with Crippen LogP contribution in [0, 0.1) is 12.8 Å². The van der Waals surface area contributed by atoms with Gasteiger partial charge in [-0.05, 0) is 37.8 Å². The summed E-state index contributed by atoms with van der Waals surface area (Å²) in [6, 6.07) is 7.33. The summed E-state index contributed by atoms with van der Waals surface area (Å²) in [5.41, 5.74) is 7.88. The molecule has 0 unspecified atom stereocenters. The number of amides is 1. The Morgan fingerprint density at radius 1 is 1.30 bits per heavy atom. The summed E-state index contributed by atoms with van der Waals surface area (Å²) in [5, 5.41) is 0. The zero-order chi connectivity index (χ0) is 19.1. The predicted molar refractivity (Wildman–Crippen MR) is 103 cm³/mol. The number of anilines is 1. The van der Waals surface area contributed by atoms with Gasteiger partial charge in [0.25, 0.3) is 11.5 Å². The summed E-state index contributed by atoms with van der Waals surface area (Å²) in [4.78, 5) is 35.7. The van der Waals surface area contributed by atoms with Gasteiger partial charge in [-0.3, -0.25) is 9.59 Å². The molecule has 0 spiro atoms. The van der Waals surface area contributed by atoms with Crippen LogP contribution in [-0.4, -0.2) is 38.4 Å². The highest BCUT2D eigenvalue weighted by atomic mass is 16.2. The van der Waals surface area contributed by atoms with E-state index in [-0.39, 0.29) is 35.3 Å². The fourth-order valence-electron chi connectivity index (χ4n) is 4.74. The van der Waals surface area contributed by atoms with E-state index >= 15 is 0 Å². The maximum Gasteiger partial charge on any atom is 0.272 e. The molecule has 2 N–H and O–H groups in total. The van der Waals surface area contributed by atoms with Gasteiger partial charge in [0.05, 0.1) is 0 Å². The highest BCUT2D eigenvalue weighted by Gasteiger charge is 2.41. The molecule has 4 heterocycles. The van der Waals surface area contributed by atoms with E-state index in [4.69, 9.17) is 5.73 Å². The molecule has 0 aliphatic carbocycles. The van der Waals surface area contributed by atoms with Crippen molar-refractivity contribution >= 4 is 11.9 Å². The van der Waals surface area contributed by atoms with Crippen LogP contribution in [0.5, 0.6) is 0 Å². The number of fused-ring (bicyclic) bond motifs is 4. The molecule has 142 valence electrons. The number of carbonyl (C=O) groups excluding carboxylic acids is 1. The minimum absolute atomic E-state index is 0.0691. The first-order valence-corrected chi connectivity index (χ1v) is 9.59. The van der Waals surface area contributed by atoms with Gasteiger partial charge in [-0.2, -0.15) is 0 Å².